The Kier molecular flexibility index (Phi) is 4.80. The summed E-state index contributed by atoms with van der Waals surface area (Å²) >= 11 is 0. The molecule has 1 aliphatic rings. The van der Waals surface area contributed by atoms with Crippen LogP contribution < -0.4 is 13.8 Å². The monoisotopic (exact) mass is 400 g/mol. The normalized spacial score (nSPS) is 16.5. The molecule has 140 valence electrons. The lowest BCUT2D eigenvalue weighted by molar-refractivity contribution is 0.385. The molecule has 26 heavy (non-hydrogen) atoms. The zero-order chi connectivity index (χ0) is 18.9. The predicted octanol–water partition coefficient (Wildman–Crippen LogP) is 2.17. The molecule has 3 rings (SSSR count). The number of methoxy groups -OCH3 is 1. The van der Waals surface area contributed by atoms with Gasteiger partial charge in [-0.2, -0.15) is 0 Å². The van der Waals surface area contributed by atoms with E-state index in [1.807, 2.05) is 0 Å². The van der Waals surface area contributed by atoms with E-state index in [0.717, 1.165) is 6.07 Å². The third-order valence-corrected chi connectivity index (χ3v) is 7.19. The van der Waals surface area contributed by atoms with Gasteiger partial charge in [-0.3, -0.25) is 9.03 Å². The van der Waals surface area contributed by atoms with Crippen LogP contribution in [0.15, 0.2) is 47.4 Å². The van der Waals surface area contributed by atoms with Crippen molar-refractivity contribution in [3.63, 3.8) is 0 Å². The summed E-state index contributed by atoms with van der Waals surface area (Å²) in [6.07, 6.45) is 0.555. The molecule has 1 aliphatic heterocycles. The molecule has 10 heteroatoms. The van der Waals surface area contributed by atoms with Gasteiger partial charge in [0.25, 0.3) is 10.0 Å². The first-order valence-electron chi connectivity index (χ1n) is 7.70. The molecule has 0 bridgehead atoms. The number of hydrogen-bond donors (Lipinski definition) is 1. The number of hydrogen-bond acceptors (Lipinski definition) is 5. The van der Waals surface area contributed by atoms with Gasteiger partial charge in [-0.1, -0.05) is 0 Å². The standard InChI is InChI=1S/C16H17FN2O5S2/c1-24-16-8-7-14(11-15(16)17)26(22,23)18-12-3-5-13(6-4-12)19-9-2-10-25(19,20)21/h3-8,11,18H,2,9-10H2,1H3. The smallest absolute Gasteiger partial charge is 0.262 e. The average Bonchev–Trinajstić information content (AvgIpc) is 2.94. The Labute approximate surface area is 151 Å². The van der Waals surface area contributed by atoms with Crippen LogP contribution >= 0.6 is 0 Å². The Hall–Kier alpha value is -2.33. The summed E-state index contributed by atoms with van der Waals surface area (Å²) in [5, 5.41) is 0. The molecule has 1 heterocycles. The first-order valence-corrected chi connectivity index (χ1v) is 10.8. The van der Waals surface area contributed by atoms with Crippen LogP contribution in [0.2, 0.25) is 0 Å². The summed E-state index contributed by atoms with van der Waals surface area (Å²) < 4.78 is 70.7. The van der Waals surface area contributed by atoms with E-state index in [1.165, 1.54) is 47.8 Å². The summed E-state index contributed by atoms with van der Waals surface area (Å²) in [6.45, 7) is 0.401. The number of nitrogens with one attached hydrogen (secondary N) is 1. The number of rotatable bonds is 5. The minimum absolute atomic E-state index is 0.0554. The maximum atomic E-state index is 13.7. The number of benzene rings is 2. The molecular formula is C16H17FN2O5S2. The van der Waals surface area contributed by atoms with Gasteiger partial charge in [-0.15, -0.1) is 0 Å². The van der Waals surface area contributed by atoms with Crippen molar-refractivity contribution in [1.29, 1.82) is 0 Å². The van der Waals surface area contributed by atoms with Gasteiger partial charge in [-0.05, 0) is 48.9 Å². The Balaban J connectivity index is 1.81. The van der Waals surface area contributed by atoms with Gasteiger partial charge in [0.2, 0.25) is 10.0 Å². The zero-order valence-electron chi connectivity index (χ0n) is 13.8. The molecule has 0 amide bonds. The van der Waals surface area contributed by atoms with Crippen molar-refractivity contribution in [2.75, 3.05) is 28.4 Å². The third-order valence-electron chi connectivity index (χ3n) is 3.94. The molecule has 0 aromatic heterocycles. The van der Waals surface area contributed by atoms with Crippen molar-refractivity contribution < 1.29 is 26.0 Å². The van der Waals surface area contributed by atoms with Crippen LogP contribution in [0.1, 0.15) is 6.42 Å². The van der Waals surface area contributed by atoms with Crippen LogP contribution in [0.3, 0.4) is 0 Å². The molecule has 0 atom stereocenters. The van der Waals surface area contributed by atoms with Crippen molar-refractivity contribution in [2.24, 2.45) is 0 Å². The fraction of sp³-hybridized carbons (Fsp3) is 0.250. The molecule has 0 unspecified atom stereocenters. The molecule has 0 saturated carbocycles. The van der Waals surface area contributed by atoms with Gasteiger partial charge >= 0.3 is 0 Å². The minimum Gasteiger partial charge on any atom is -0.494 e. The summed E-state index contributed by atoms with van der Waals surface area (Å²) in [5.41, 5.74) is 0.711. The van der Waals surface area contributed by atoms with E-state index in [1.54, 1.807) is 0 Å². The summed E-state index contributed by atoms with van der Waals surface area (Å²) in [5.74, 6) is -0.741. The van der Waals surface area contributed by atoms with Gasteiger partial charge in [0.15, 0.2) is 11.6 Å². The van der Waals surface area contributed by atoms with E-state index in [9.17, 15) is 21.2 Å². The second kappa shape index (κ2) is 6.76. The van der Waals surface area contributed by atoms with Crippen LogP contribution in [0.25, 0.3) is 0 Å². The van der Waals surface area contributed by atoms with E-state index in [0.29, 0.717) is 18.7 Å². The van der Waals surface area contributed by atoms with E-state index in [2.05, 4.69) is 4.72 Å². The highest BCUT2D eigenvalue weighted by molar-refractivity contribution is 7.93. The van der Waals surface area contributed by atoms with Gasteiger partial charge in [0.1, 0.15) is 0 Å². The lowest BCUT2D eigenvalue weighted by Gasteiger charge is -2.17. The van der Waals surface area contributed by atoms with Gasteiger partial charge < -0.3 is 4.74 Å². The molecule has 2 aromatic rings. The van der Waals surface area contributed by atoms with Crippen LogP contribution in [0.4, 0.5) is 15.8 Å². The number of anilines is 2. The van der Waals surface area contributed by atoms with Crippen molar-refractivity contribution in [2.45, 2.75) is 11.3 Å². The predicted molar refractivity (Wildman–Crippen MR) is 96.0 cm³/mol. The Morgan fingerprint density at radius 2 is 1.85 bits per heavy atom. The van der Waals surface area contributed by atoms with Crippen LogP contribution in [-0.2, 0) is 20.0 Å². The van der Waals surface area contributed by atoms with E-state index in [-0.39, 0.29) is 22.1 Å². The average molecular weight is 400 g/mol. The fourth-order valence-electron chi connectivity index (χ4n) is 2.65. The first kappa shape index (κ1) is 18.5. The lowest BCUT2D eigenvalue weighted by atomic mass is 10.3. The van der Waals surface area contributed by atoms with Crippen LogP contribution in [0.5, 0.6) is 5.75 Å². The highest BCUT2D eigenvalue weighted by Gasteiger charge is 2.28. The summed E-state index contributed by atoms with van der Waals surface area (Å²) in [4.78, 5) is -0.248. The molecule has 1 N–H and O–H groups in total. The van der Waals surface area contributed by atoms with Crippen molar-refractivity contribution in [3.8, 4) is 5.75 Å². The molecule has 0 spiro atoms. The molecule has 1 fully saturated rings. The number of halogens is 1. The highest BCUT2D eigenvalue weighted by Crippen LogP contribution is 2.27. The fourth-order valence-corrected chi connectivity index (χ4v) is 5.29. The molecule has 0 aliphatic carbocycles. The number of ether oxygens (including phenoxy) is 1. The highest BCUT2D eigenvalue weighted by atomic mass is 32.2. The van der Waals surface area contributed by atoms with Gasteiger partial charge in [-0.25, -0.2) is 21.2 Å². The topological polar surface area (TPSA) is 92.8 Å². The second-order valence-electron chi connectivity index (χ2n) is 5.69. The van der Waals surface area contributed by atoms with Crippen molar-refractivity contribution >= 4 is 31.4 Å². The zero-order valence-corrected chi connectivity index (χ0v) is 15.5. The first-order chi connectivity index (χ1) is 12.2. The van der Waals surface area contributed by atoms with E-state index < -0.39 is 25.9 Å². The maximum Gasteiger partial charge on any atom is 0.262 e. The van der Waals surface area contributed by atoms with E-state index in [4.69, 9.17) is 4.74 Å². The molecule has 2 aromatic carbocycles. The van der Waals surface area contributed by atoms with Crippen molar-refractivity contribution in [1.82, 2.24) is 0 Å². The second-order valence-corrected chi connectivity index (χ2v) is 9.39. The van der Waals surface area contributed by atoms with Crippen LogP contribution in [-0.4, -0.2) is 36.2 Å². The van der Waals surface area contributed by atoms with E-state index >= 15 is 0 Å². The minimum atomic E-state index is -3.99. The molecule has 0 radical (unpaired) electrons. The molecule has 7 nitrogen and oxygen atoms in total. The molecular weight excluding hydrogens is 383 g/mol. The SMILES string of the molecule is COc1ccc(S(=O)(=O)Nc2ccc(N3CCCS3(=O)=O)cc2)cc1F. The number of sulfonamides is 2. The Morgan fingerprint density at radius 3 is 2.38 bits per heavy atom. The largest absolute Gasteiger partial charge is 0.494 e. The van der Waals surface area contributed by atoms with Gasteiger partial charge in [0.05, 0.1) is 23.4 Å². The quantitative estimate of drug-likeness (QED) is 0.830. The summed E-state index contributed by atoms with van der Waals surface area (Å²) in [6, 6.07) is 9.29. The third kappa shape index (κ3) is 3.61. The molecule has 1 saturated heterocycles. The lowest BCUT2D eigenvalue weighted by Crippen LogP contribution is -2.25. The summed E-state index contributed by atoms with van der Waals surface area (Å²) in [7, 11) is -6.01. The number of nitrogens with zero attached hydrogens (tertiary/aromatic N) is 1. The Morgan fingerprint density at radius 1 is 1.15 bits per heavy atom. The Bertz CT molecular complexity index is 1020. The van der Waals surface area contributed by atoms with Gasteiger partial charge in [0, 0.05) is 12.2 Å². The van der Waals surface area contributed by atoms with Crippen molar-refractivity contribution in [3.05, 3.63) is 48.3 Å². The van der Waals surface area contributed by atoms with Crippen LogP contribution in [0, 0.1) is 5.82 Å². The maximum absolute atomic E-state index is 13.7.